The summed E-state index contributed by atoms with van der Waals surface area (Å²) in [6.45, 7) is 3.09. The second-order valence-corrected chi connectivity index (χ2v) is 8.60. The van der Waals surface area contributed by atoms with Crippen LogP contribution in [0.1, 0.15) is 34.8 Å². The van der Waals surface area contributed by atoms with E-state index in [4.69, 9.17) is 16.0 Å². The molecule has 7 heteroatoms. The molecule has 0 aliphatic carbocycles. The summed E-state index contributed by atoms with van der Waals surface area (Å²) in [6, 6.07) is 8.02. The van der Waals surface area contributed by atoms with Crippen molar-refractivity contribution in [1.82, 2.24) is 4.90 Å². The minimum Gasteiger partial charge on any atom is -0.507 e. The number of aromatic hydroxyl groups is 2. The van der Waals surface area contributed by atoms with Gasteiger partial charge < -0.3 is 24.6 Å². The topological polar surface area (TPSA) is 94.1 Å². The van der Waals surface area contributed by atoms with E-state index in [1.165, 1.54) is 6.07 Å². The molecule has 0 saturated carbocycles. The Bertz CT molecular complexity index is 1210. The van der Waals surface area contributed by atoms with Crippen LogP contribution in [0.2, 0.25) is 5.02 Å². The van der Waals surface area contributed by atoms with Crippen LogP contribution < -0.4 is 5.43 Å². The largest absolute Gasteiger partial charge is 0.507 e. The van der Waals surface area contributed by atoms with E-state index in [1.54, 1.807) is 18.2 Å². The third kappa shape index (κ3) is 4.32. The Morgan fingerprint density at radius 3 is 2.61 bits per heavy atom. The zero-order valence-corrected chi connectivity index (χ0v) is 18.1. The second kappa shape index (κ2) is 8.38. The Labute approximate surface area is 184 Å². The van der Waals surface area contributed by atoms with E-state index in [0.717, 1.165) is 23.7 Å². The number of benzene rings is 2. The summed E-state index contributed by atoms with van der Waals surface area (Å²) in [5.41, 5.74) is 1.86. The first-order chi connectivity index (χ1) is 14.7. The molecule has 0 radical (unpaired) electrons. The van der Waals surface area contributed by atoms with Crippen molar-refractivity contribution in [2.24, 2.45) is 0 Å². The predicted octanol–water partition coefficient (Wildman–Crippen LogP) is 4.12. The maximum atomic E-state index is 12.8. The van der Waals surface area contributed by atoms with E-state index < -0.39 is 17.5 Å². The molecule has 1 aromatic heterocycles. The molecule has 2 heterocycles. The van der Waals surface area contributed by atoms with Gasteiger partial charge >= 0.3 is 0 Å². The second-order valence-electron chi connectivity index (χ2n) is 8.17. The van der Waals surface area contributed by atoms with Gasteiger partial charge in [0, 0.05) is 35.2 Å². The highest BCUT2D eigenvalue weighted by Gasteiger charge is 2.32. The zero-order valence-electron chi connectivity index (χ0n) is 17.3. The Morgan fingerprint density at radius 1 is 1.13 bits per heavy atom. The van der Waals surface area contributed by atoms with Gasteiger partial charge in [0.15, 0.2) is 5.43 Å². The van der Waals surface area contributed by atoms with Gasteiger partial charge in [-0.3, -0.25) is 4.79 Å². The number of halogens is 1. The molecule has 1 aliphatic rings. The van der Waals surface area contributed by atoms with E-state index in [2.05, 4.69) is 0 Å². The fraction of sp³-hybridized carbons (Fsp3) is 0.292. The van der Waals surface area contributed by atoms with Crippen molar-refractivity contribution in [2.75, 3.05) is 20.1 Å². The van der Waals surface area contributed by atoms with Gasteiger partial charge in [0.2, 0.25) is 0 Å². The highest BCUT2D eigenvalue weighted by atomic mass is 35.5. The standard InChI is InChI=1S/C24H24ClNO5/c1-13-7-14(9-15(25)8-13)3-4-16-10-18(27)23-20(29)11-19(28)22(24(23)31-16)17-5-6-26(2)12-21(17)30/h3-4,7-11,17,21,28-30H,5-6,12H2,1-2H3/b4-3+. The molecule has 3 aromatic rings. The average molecular weight is 442 g/mol. The summed E-state index contributed by atoms with van der Waals surface area (Å²) in [7, 11) is 1.91. The van der Waals surface area contributed by atoms with Crippen LogP contribution in [0.5, 0.6) is 11.5 Å². The number of rotatable bonds is 3. The normalized spacial score (nSPS) is 20.0. The molecule has 2 unspecified atom stereocenters. The third-order valence-corrected chi connectivity index (χ3v) is 5.90. The summed E-state index contributed by atoms with van der Waals surface area (Å²) < 4.78 is 5.98. The van der Waals surface area contributed by atoms with Crippen LogP contribution in [0, 0.1) is 6.92 Å². The highest BCUT2D eigenvalue weighted by molar-refractivity contribution is 6.30. The minimum absolute atomic E-state index is 0.00493. The van der Waals surface area contributed by atoms with Crippen molar-refractivity contribution >= 4 is 34.7 Å². The van der Waals surface area contributed by atoms with E-state index in [0.29, 0.717) is 23.6 Å². The molecule has 31 heavy (non-hydrogen) atoms. The van der Waals surface area contributed by atoms with E-state index in [1.807, 2.05) is 31.0 Å². The summed E-state index contributed by atoms with van der Waals surface area (Å²) >= 11 is 6.11. The number of hydrogen-bond acceptors (Lipinski definition) is 6. The van der Waals surface area contributed by atoms with Crippen molar-refractivity contribution in [3.8, 4) is 11.5 Å². The molecular formula is C24H24ClNO5. The van der Waals surface area contributed by atoms with Gasteiger partial charge in [-0.05, 0) is 56.3 Å². The van der Waals surface area contributed by atoms with Crippen molar-refractivity contribution < 1.29 is 19.7 Å². The van der Waals surface area contributed by atoms with Gasteiger partial charge in [0.05, 0.1) is 6.10 Å². The van der Waals surface area contributed by atoms with Crippen LogP contribution in [-0.2, 0) is 0 Å². The first-order valence-corrected chi connectivity index (χ1v) is 10.5. The predicted molar refractivity (Wildman–Crippen MR) is 122 cm³/mol. The molecule has 3 N–H and O–H groups in total. The van der Waals surface area contributed by atoms with Crippen LogP contribution in [0.25, 0.3) is 23.1 Å². The number of hydrogen-bond donors (Lipinski definition) is 3. The Kier molecular flexibility index (Phi) is 5.79. The fourth-order valence-electron chi connectivity index (χ4n) is 4.25. The van der Waals surface area contributed by atoms with Crippen molar-refractivity contribution in [1.29, 1.82) is 0 Å². The third-order valence-electron chi connectivity index (χ3n) is 5.68. The van der Waals surface area contributed by atoms with Gasteiger partial charge in [-0.1, -0.05) is 23.7 Å². The molecule has 4 rings (SSSR count). The van der Waals surface area contributed by atoms with E-state index in [-0.39, 0.29) is 28.2 Å². The number of likely N-dealkylation sites (tertiary alicyclic amines) is 1. The van der Waals surface area contributed by atoms with Crippen LogP contribution in [0.4, 0.5) is 0 Å². The van der Waals surface area contributed by atoms with E-state index >= 15 is 0 Å². The number of β-amino-alcohol motifs (C(OH)–C–C–N with tert-alkyl or cyclic N) is 1. The maximum Gasteiger partial charge on any atom is 0.197 e. The fourth-order valence-corrected chi connectivity index (χ4v) is 4.54. The molecule has 2 aromatic carbocycles. The van der Waals surface area contributed by atoms with Crippen LogP contribution >= 0.6 is 11.6 Å². The molecule has 1 fully saturated rings. The van der Waals surface area contributed by atoms with Gasteiger partial charge in [-0.2, -0.15) is 0 Å². The lowest BCUT2D eigenvalue weighted by atomic mass is 9.85. The molecule has 6 nitrogen and oxygen atoms in total. The number of aliphatic hydroxyl groups is 1. The van der Waals surface area contributed by atoms with Crippen LogP contribution in [0.15, 0.2) is 39.5 Å². The monoisotopic (exact) mass is 441 g/mol. The molecule has 1 saturated heterocycles. The summed E-state index contributed by atoms with van der Waals surface area (Å²) in [4.78, 5) is 14.8. The number of fused-ring (bicyclic) bond motifs is 1. The summed E-state index contributed by atoms with van der Waals surface area (Å²) in [6.07, 6.45) is 3.25. The number of aliphatic hydroxyl groups excluding tert-OH is 1. The number of piperidine rings is 1. The van der Waals surface area contributed by atoms with Gasteiger partial charge in [-0.25, -0.2) is 0 Å². The smallest absolute Gasteiger partial charge is 0.197 e. The quantitative estimate of drug-likeness (QED) is 0.566. The maximum absolute atomic E-state index is 12.8. The van der Waals surface area contributed by atoms with Crippen molar-refractivity contribution in [3.63, 3.8) is 0 Å². The highest BCUT2D eigenvalue weighted by Crippen LogP contribution is 2.41. The summed E-state index contributed by atoms with van der Waals surface area (Å²) in [5.74, 6) is -0.706. The SMILES string of the molecule is Cc1cc(Cl)cc(/C=C/c2cc(=O)c3c(O)cc(O)c(C4CCN(C)CC4O)c3o2)c1. The number of likely N-dealkylation sites (N-methyl/N-ethyl adjacent to an activating group) is 1. The average Bonchev–Trinajstić information content (AvgIpc) is 2.66. The van der Waals surface area contributed by atoms with Crippen molar-refractivity contribution in [3.05, 3.63) is 68.0 Å². The lowest BCUT2D eigenvalue weighted by Gasteiger charge is -2.34. The van der Waals surface area contributed by atoms with Gasteiger partial charge in [-0.15, -0.1) is 0 Å². The molecule has 0 bridgehead atoms. The Balaban J connectivity index is 1.84. The van der Waals surface area contributed by atoms with E-state index in [9.17, 15) is 20.1 Å². The molecule has 2 atom stereocenters. The molecule has 0 spiro atoms. The van der Waals surface area contributed by atoms with Crippen LogP contribution in [-0.4, -0.2) is 46.5 Å². The molecular weight excluding hydrogens is 418 g/mol. The molecule has 1 aliphatic heterocycles. The lowest BCUT2D eigenvalue weighted by molar-refractivity contribution is 0.0630. The van der Waals surface area contributed by atoms with Crippen LogP contribution in [0.3, 0.4) is 0 Å². The molecule has 0 amide bonds. The minimum atomic E-state index is -0.740. The van der Waals surface area contributed by atoms with Gasteiger partial charge in [0.1, 0.15) is 28.2 Å². The number of phenolic OH excluding ortho intramolecular Hbond substituents is 2. The Morgan fingerprint density at radius 2 is 1.90 bits per heavy atom. The first-order valence-electron chi connectivity index (χ1n) is 10.1. The Hall–Kier alpha value is -2.80. The molecule has 162 valence electrons. The first kappa shape index (κ1) is 21.4. The lowest BCUT2D eigenvalue weighted by Crippen LogP contribution is -2.40. The summed E-state index contributed by atoms with van der Waals surface area (Å²) in [5, 5.41) is 32.1. The number of phenols is 2. The number of nitrogens with zero attached hydrogens (tertiary/aromatic N) is 1. The zero-order chi connectivity index (χ0) is 22.3. The number of aryl methyl sites for hydroxylation is 1. The van der Waals surface area contributed by atoms with Crippen molar-refractivity contribution in [2.45, 2.75) is 25.4 Å². The van der Waals surface area contributed by atoms with Gasteiger partial charge in [0.25, 0.3) is 0 Å².